The van der Waals surface area contributed by atoms with Crippen molar-refractivity contribution >= 4 is 16.5 Å². The number of anilines is 1. The molecule has 0 saturated heterocycles. The Kier molecular flexibility index (Phi) is 3.81. The van der Waals surface area contributed by atoms with Gasteiger partial charge in [-0.05, 0) is 51.0 Å². The van der Waals surface area contributed by atoms with Crippen LogP contribution in [-0.4, -0.2) is 25.6 Å². The lowest BCUT2D eigenvalue weighted by molar-refractivity contribution is 0.337. The van der Waals surface area contributed by atoms with E-state index in [0.717, 1.165) is 24.3 Å². The zero-order chi connectivity index (χ0) is 13.4. The molecule has 0 aliphatic heterocycles. The minimum Gasteiger partial charge on any atom is -0.351 e. The van der Waals surface area contributed by atoms with Crippen LogP contribution in [0, 0.1) is 24.7 Å². The maximum atomic E-state index is 4.74. The highest BCUT2D eigenvalue weighted by molar-refractivity contribution is 7.15. The maximum Gasteiger partial charge on any atom is 0.185 e. The van der Waals surface area contributed by atoms with E-state index in [9.17, 15) is 0 Å². The highest BCUT2D eigenvalue weighted by Gasteiger charge is 2.39. The van der Waals surface area contributed by atoms with E-state index >= 15 is 0 Å². The van der Waals surface area contributed by atoms with Gasteiger partial charge >= 0.3 is 0 Å². The number of hydrogen-bond acceptors (Lipinski definition) is 4. The predicted octanol–water partition coefficient (Wildman–Crippen LogP) is 3.04. The van der Waals surface area contributed by atoms with Gasteiger partial charge in [-0.3, -0.25) is 0 Å². The first-order chi connectivity index (χ1) is 9.17. The molecule has 2 bridgehead atoms. The topological polar surface area (TPSA) is 28.2 Å². The number of nitrogens with zero attached hydrogens (tertiary/aromatic N) is 2. The fraction of sp³-hybridized carbons (Fsp3) is 0.800. The summed E-state index contributed by atoms with van der Waals surface area (Å²) in [5, 5.41) is 4.42. The summed E-state index contributed by atoms with van der Waals surface area (Å²) in [6.45, 7) is 4.26. The second kappa shape index (κ2) is 5.41. The molecule has 2 aliphatic rings. The molecule has 1 aromatic rings. The number of aryl methyl sites for hydroxylation is 1. The van der Waals surface area contributed by atoms with Crippen molar-refractivity contribution in [1.82, 2.24) is 10.3 Å². The first-order valence-corrected chi connectivity index (χ1v) is 8.31. The van der Waals surface area contributed by atoms with Gasteiger partial charge in [0.15, 0.2) is 5.13 Å². The van der Waals surface area contributed by atoms with Crippen LogP contribution in [0.2, 0.25) is 0 Å². The van der Waals surface area contributed by atoms with Gasteiger partial charge in [-0.2, -0.15) is 0 Å². The van der Waals surface area contributed by atoms with Gasteiger partial charge in [0, 0.05) is 25.0 Å². The molecule has 1 N–H and O–H groups in total. The van der Waals surface area contributed by atoms with Gasteiger partial charge < -0.3 is 10.2 Å². The number of aromatic nitrogens is 1. The Bertz CT molecular complexity index is 443. The molecule has 0 aromatic carbocycles. The van der Waals surface area contributed by atoms with Crippen LogP contribution in [0.25, 0.3) is 0 Å². The van der Waals surface area contributed by atoms with E-state index < -0.39 is 0 Å². The van der Waals surface area contributed by atoms with Crippen LogP contribution in [0.5, 0.6) is 0 Å². The van der Waals surface area contributed by atoms with Gasteiger partial charge in [0.25, 0.3) is 0 Å². The molecule has 3 nitrogen and oxygen atoms in total. The molecule has 2 fully saturated rings. The Hall–Kier alpha value is -0.610. The molecule has 0 radical (unpaired) electrons. The summed E-state index contributed by atoms with van der Waals surface area (Å²) in [4.78, 5) is 8.50. The van der Waals surface area contributed by atoms with Crippen molar-refractivity contribution in [2.75, 3.05) is 25.5 Å². The zero-order valence-corrected chi connectivity index (χ0v) is 13.1. The van der Waals surface area contributed by atoms with Gasteiger partial charge in [0.05, 0.1) is 5.69 Å². The molecule has 106 valence electrons. The SMILES string of the molecule is CNCc1sc(N(C)CC2CC3CCC2C3)nc1C. The van der Waals surface area contributed by atoms with E-state index in [4.69, 9.17) is 4.98 Å². The monoisotopic (exact) mass is 279 g/mol. The zero-order valence-electron chi connectivity index (χ0n) is 12.3. The van der Waals surface area contributed by atoms with Gasteiger partial charge in [-0.15, -0.1) is 11.3 Å². The van der Waals surface area contributed by atoms with E-state index in [0.29, 0.717) is 0 Å². The quantitative estimate of drug-likeness (QED) is 0.898. The molecule has 0 amide bonds. The first-order valence-electron chi connectivity index (χ1n) is 7.49. The van der Waals surface area contributed by atoms with Crippen molar-refractivity contribution < 1.29 is 0 Å². The summed E-state index contributed by atoms with van der Waals surface area (Å²) in [6, 6.07) is 0. The molecule has 2 aliphatic carbocycles. The van der Waals surface area contributed by atoms with Crippen LogP contribution in [0.4, 0.5) is 5.13 Å². The normalized spacial score (nSPS) is 29.1. The van der Waals surface area contributed by atoms with E-state index in [1.807, 2.05) is 18.4 Å². The summed E-state index contributed by atoms with van der Waals surface area (Å²) >= 11 is 1.85. The standard InChI is InChI=1S/C15H25N3S/c1-10-14(8-16-2)19-15(17-10)18(3)9-13-7-11-4-5-12(13)6-11/h11-13,16H,4-9H2,1-3H3. The summed E-state index contributed by atoms with van der Waals surface area (Å²) < 4.78 is 0. The lowest BCUT2D eigenvalue weighted by atomic mass is 9.88. The fourth-order valence-electron chi connectivity index (χ4n) is 3.93. The van der Waals surface area contributed by atoms with Gasteiger partial charge in [0.2, 0.25) is 0 Å². The molecule has 3 unspecified atom stereocenters. The molecule has 1 aromatic heterocycles. The average Bonchev–Trinajstić information content (AvgIpc) is 3.06. The third-order valence-corrected chi connectivity index (χ3v) is 6.21. The number of hydrogen-bond donors (Lipinski definition) is 1. The van der Waals surface area contributed by atoms with Crippen LogP contribution in [0.15, 0.2) is 0 Å². The maximum absolute atomic E-state index is 4.74. The number of thiazole rings is 1. The van der Waals surface area contributed by atoms with Gasteiger partial charge in [-0.25, -0.2) is 4.98 Å². The molecule has 19 heavy (non-hydrogen) atoms. The molecule has 4 heteroatoms. The Balaban J connectivity index is 1.63. The predicted molar refractivity (Wildman–Crippen MR) is 81.8 cm³/mol. The van der Waals surface area contributed by atoms with Crippen LogP contribution < -0.4 is 10.2 Å². The largest absolute Gasteiger partial charge is 0.351 e. The third kappa shape index (κ3) is 2.65. The molecule has 0 spiro atoms. The molecule has 1 heterocycles. The summed E-state index contributed by atoms with van der Waals surface area (Å²) in [5.41, 5.74) is 1.19. The van der Waals surface area contributed by atoms with Crippen LogP contribution in [0.3, 0.4) is 0 Å². The minimum atomic E-state index is 0.917. The Morgan fingerprint density at radius 1 is 1.37 bits per heavy atom. The van der Waals surface area contributed by atoms with Crippen molar-refractivity contribution in [2.24, 2.45) is 17.8 Å². The van der Waals surface area contributed by atoms with Gasteiger partial charge in [0.1, 0.15) is 0 Å². The lowest BCUT2D eigenvalue weighted by Crippen LogP contribution is -2.28. The van der Waals surface area contributed by atoms with Crippen molar-refractivity contribution in [3.05, 3.63) is 10.6 Å². The average molecular weight is 279 g/mol. The first kappa shape index (κ1) is 13.4. The Morgan fingerprint density at radius 2 is 2.21 bits per heavy atom. The smallest absolute Gasteiger partial charge is 0.185 e. The summed E-state index contributed by atoms with van der Waals surface area (Å²) in [7, 11) is 4.21. The second-order valence-electron chi connectivity index (χ2n) is 6.35. The second-order valence-corrected chi connectivity index (χ2v) is 7.41. The highest BCUT2D eigenvalue weighted by Crippen LogP contribution is 2.48. The van der Waals surface area contributed by atoms with E-state index in [2.05, 4.69) is 24.2 Å². The number of rotatable bonds is 5. The highest BCUT2D eigenvalue weighted by atomic mass is 32.1. The fourth-order valence-corrected chi connectivity index (χ4v) is 4.97. The van der Waals surface area contributed by atoms with E-state index in [1.165, 1.54) is 47.9 Å². The van der Waals surface area contributed by atoms with Crippen LogP contribution >= 0.6 is 11.3 Å². The molecular formula is C15H25N3S. The van der Waals surface area contributed by atoms with Crippen molar-refractivity contribution in [3.8, 4) is 0 Å². The molecule has 3 atom stereocenters. The van der Waals surface area contributed by atoms with E-state index in [1.54, 1.807) is 0 Å². The molecular weight excluding hydrogens is 254 g/mol. The molecule has 3 rings (SSSR count). The van der Waals surface area contributed by atoms with Gasteiger partial charge in [-0.1, -0.05) is 6.42 Å². The Labute approximate surface area is 120 Å². The number of nitrogens with one attached hydrogen (secondary N) is 1. The van der Waals surface area contributed by atoms with Crippen LogP contribution in [0.1, 0.15) is 36.3 Å². The minimum absolute atomic E-state index is 0.917. The lowest BCUT2D eigenvalue weighted by Gasteiger charge is -2.26. The van der Waals surface area contributed by atoms with E-state index in [-0.39, 0.29) is 0 Å². The summed E-state index contributed by atoms with van der Waals surface area (Å²) in [5.74, 6) is 2.97. The van der Waals surface area contributed by atoms with Crippen molar-refractivity contribution in [2.45, 2.75) is 39.2 Å². The third-order valence-electron chi connectivity index (χ3n) is 4.94. The Morgan fingerprint density at radius 3 is 2.84 bits per heavy atom. The number of fused-ring (bicyclic) bond motifs is 2. The summed E-state index contributed by atoms with van der Waals surface area (Å²) in [6.07, 6.45) is 5.93. The van der Waals surface area contributed by atoms with Crippen molar-refractivity contribution in [1.29, 1.82) is 0 Å². The van der Waals surface area contributed by atoms with Crippen molar-refractivity contribution in [3.63, 3.8) is 0 Å². The molecule has 2 saturated carbocycles. The van der Waals surface area contributed by atoms with Crippen LogP contribution in [-0.2, 0) is 6.54 Å².